The summed E-state index contributed by atoms with van der Waals surface area (Å²) >= 11 is 1.77. The molecule has 1 aliphatic heterocycles. The smallest absolute Gasteiger partial charge is 0.186 e. The van der Waals surface area contributed by atoms with E-state index in [-0.39, 0.29) is 0 Å². The number of aromatic nitrogens is 1. The molecule has 18 heavy (non-hydrogen) atoms. The lowest BCUT2D eigenvalue weighted by molar-refractivity contribution is 0.864. The Balaban J connectivity index is 1.62. The number of nitrogen functional groups attached to an aromatic ring is 1. The van der Waals surface area contributed by atoms with Gasteiger partial charge in [-0.15, -0.1) is 11.3 Å². The number of rotatable bonds is 2. The maximum atomic E-state index is 6.03. The zero-order chi connectivity index (χ0) is 12.1. The first-order chi connectivity index (χ1) is 8.81. The summed E-state index contributed by atoms with van der Waals surface area (Å²) in [6.45, 7) is 1.84. The Morgan fingerprint density at radius 3 is 2.94 bits per heavy atom. The van der Waals surface area contributed by atoms with Gasteiger partial charge in [0.1, 0.15) is 0 Å². The molecule has 2 N–H and O–H groups in total. The van der Waals surface area contributed by atoms with Gasteiger partial charge < -0.3 is 10.6 Å². The molecule has 0 atom stereocenters. The van der Waals surface area contributed by atoms with Gasteiger partial charge in [0.2, 0.25) is 0 Å². The monoisotopic (exact) mass is 257 g/mol. The Morgan fingerprint density at radius 1 is 1.28 bits per heavy atom. The average Bonchev–Trinajstić information content (AvgIpc) is 2.93. The molecule has 1 aromatic heterocycles. The van der Waals surface area contributed by atoms with Crippen molar-refractivity contribution in [3.63, 3.8) is 0 Å². The topological polar surface area (TPSA) is 42.1 Å². The van der Waals surface area contributed by atoms with E-state index in [4.69, 9.17) is 10.7 Å². The second kappa shape index (κ2) is 3.72. The van der Waals surface area contributed by atoms with Crippen LogP contribution in [0.15, 0.2) is 23.6 Å². The highest BCUT2D eigenvalue weighted by molar-refractivity contribution is 7.13. The first-order valence-corrected chi connectivity index (χ1v) is 7.26. The first kappa shape index (κ1) is 10.4. The van der Waals surface area contributed by atoms with Gasteiger partial charge in [0, 0.05) is 30.1 Å². The van der Waals surface area contributed by atoms with Crippen LogP contribution in [0.2, 0.25) is 0 Å². The summed E-state index contributed by atoms with van der Waals surface area (Å²) in [5.41, 5.74) is 10.9. The van der Waals surface area contributed by atoms with Gasteiger partial charge >= 0.3 is 0 Å². The van der Waals surface area contributed by atoms with Crippen LogP contribution in [0.1, 0.15) is 35.6 Å². The molecule has 0 radical (unpaired) electrons. The van der Waals surface area contributed by atoms with Crippen molar-refractivity contribution < 1.29 is 0 Å². The molecule has 0 saturated heterocycles. The lowest BCUT2D eigenvalue weighted by Gasteiger charge is -2.13. The summed E-state index contributed by atoms with van der Waals surface area (Å²) in [4.78, 5) is 7.10. The number of fused-ring (bicyclic) bond motifs is 1. The zero-order valence-corrected chi connectivity index (χ0v) is 10.9. The zero-order valence-electron chi connectivity index (χ0n) is 10.1. The maximum Gasteiger partial charge on any atom is 0.186 e. The van der Waals surface area contributed by atoms with Crippen LogP contribution >= 0.6 is 11.3 Å². The molecule has 1 saturated carbocycles. The summed E-state index contributed by atoms with van der Waals surface area (Å²) in [7, 11) is 0. The minimum absolute atomic E-state index is 0.741. The van der Waals surface area contributed by atoms with Gasteiger partial charge in [0.05, 0.1) is 5.69 Å². The summed E-state index contributed by atoms with van der Waals surface area (Å²) in [6.07, 6.45) is 2.63. The molecular weight excluding hydrogens is 242 g/mol. The van der Waals surface area contributed by atoms with Gasteiger partial charge in [-0.05, 0) is 30.0 Å². The molecule has 0 unspecified atom stereocenters. The molecule has 2 aliphatic rings. The van der Waals surface area contributed by atoms with Crippen LogP contribution in [0, 0.1) is 0 Å². The number of hydrogen-bond acceptors (Lipinski definition) is 4. The number of thiazole rings is 1. The van der Waals surface area contributed by atoms with E-state index in [2.05, 4.69) is 16.3 Å². The van der Waals surface area contributed by atoms with Gasteiger partial charge in [0.15, 0.2) is 5.13 Å². The molecule has 0 bridgehead atoms. The fourth-order valence-corrected chi connectivity index (χ4v) is 3.48. The maximum absolute atomic E-state index is 6.03. The van der Waals surface area contributed by atoms with Crippen molar-refractivity contribution in [3.05, 3.63) is 40.4 Å². The Kier molecular flexibility index (Phi) is 2.14. The normalized spacial score (nSPS) is 18.1. The van der Waals surface area contributed by atoms with E-state index in [1.54, 1.807) is 11.3 Å². The van der Waals surface area contributed by atoms with E-state index >= 15 is 0 Å². The van der Waals surface area contributed by atoms with E-state index in [0.717, 1.165) is 29.8 Å². The molecule has 1 aromatic carbocycles. The molecule has 1 fully saturated rings. The van der Waals surface area contributed by atoms with Crippen LogP contribution < -0.4 is 10.6 Å². The fraction of sp³-hybridized carbons (Fsp3) is 0.357. The molecule has 2 aromatic rings. The number of anilines is 2. The van der Waals surface area contributed by atoms with Gasteiger partial charge in [-0.2, -0.15) is 0 Å². The summed E-state index contributed by atoms with van der Waals surface area (Å²) in [5, 5.41) is 3.37. The van der Waals surface area contributed by atoms with Gasteiger partial charge in [-0.1, -0.05) is 12.1 Å². The van der Waals surface area contributed by atoms with Crippen LogP contribution in [0.3, 0.4) is 0 Å². The molecular formula is C14H15N3S. The van der Waals surface area contributed by atoms with Crippen LogP contribution in [-0.2, 0) is 13.1 Å². The molecule has 4 rings (SSSR count). The molecule has 2 heterocycles. The predicted octanol–water partition coefficient (Wildman–Crippen LogP) is 3.12. The third kappa shape index (κ3) is 1.60. The molecule has 92 valence electrons. The molecule has 1 aliphatic carbocycles. The summed E-state index contributed by atoms with van der Waals surface area (Å²) in [5.74, 6) is 0.741. The quantitative estimate of drug-likeness (QED) is 0.840. The van der Waals surface area contributed by atoms with Crippen molar-refractivity contribution in [1.29, 1.82) is 0 Å². The number of nitrogens with two attached hydrogens (primary N) is 1. The number of nitrogens with zero attached hydrogens (tertiary/aromatic N) is 2. The molecule has 4 heteroatoms. The van der Waals surface area contributed by atoms with Crippen LogP contribution in [0.25, 0.3) is 0 Å². The van der Waals surface area contributed by atoms with Crippen molar-refractivity contribution in [1.82, 2.24) is 4.98 Å². The minimum atomic E-state index is 0.741. The van der Waals surface area contributed by atoms with Gasteiger partial charge in [-0.3, -0.25) is 0 Å². The lowest BCUT2D eigenvalue weighted by atomic mass is 10.1. The fourth-order valence-electron chi connectivity index (χ4n) is 2.57. The van der Waals surface area contributed by atoms with Gasteiger partial charge in [-0.25, -0.2) is 4.98 Å². The first-order valence-electron chi connectivity index (χ1n) is 6.38. The predicted molar refractivity (Wildman–Crippen MR) is 74.8 cm³/mol. The number of hydrogen-bond donors (Lipinski definition) is 1. The van der Waals surface area contributed by atoms with Crippen molar-refractivity contribution in [2.45, 2.75) is 31.8 Å². The van der Waals surface area contributed by atoms with Crippen LogP contribution in [0.5, 0.6) is 0 Å². The van der Waals surface area contributed by atoms with Crippen molar-refractivity contribution >= 4 is 22.2 Å². The second-order valence-corrected chi connectivity index (χ2v) is 6.01. The third-order valence-electron chi connectivity index (χ3n) is 3.80. The summed E-state index contributed by atoms with van der Waals surface area (Å²) < 4.78 is 0. The third-order valence-corrected chi connectivity index (χ3v) is 4.72. The highest BCUT2D eigenvalue weighted by Gasteiger charge is 2.28. The lowest BCUT2D eigenvalue weighted by Crippen LogP contribution is -2.14. The van der Waals surface area contributed by atoms with E-state index in [1.807, 2.05) is 12.1 Å². The van der Waals surface area contributed by atoms with E-state index in [1.165, 1.54) is 29.7 Å². The van der Waals surface area contributed by atoms with Crippen molar-refractivity contribution in [2.24, 2.45) is 0 Å². The van der Waals surface area contributed by atoms with Gasteiger partial charge in [0.25, 0.3) is 0 Å². The highest BCUT2D eigenvalue weighted by atomic mass is 32.1. The molecule has 0 spiro atoms. The second-order valence-electron chi connectivity index (χ2n) is 5.17. The van der Waals surface area contributed by atoms with E-state index < -0.39 is 0 Å². The largest absolute Gasteiger partial charge is 0.398 e. The van der Waals surface area contributed by atoms with Crippen LogP contribution in [-0.4, -0.2) is 4.98 Å². The SMILES string of the molecule is Nc1cccc2c1CN(c1nc(C3CC3)cs1)C2. The van der Waals surface area contributed by atoms with E-state index in [0.29, 0.717) is 0 Å². The molecule has 3 nitrogen and oxygen atoms in total. The Labute approximate surface area is 110 Å². The van der Waals surface area contributed by atoms with Crippen molar-refractivity contribution in [2.75, 3.05) is 10.6 Å². The minimum Gasteiger partial charge on any atom is -0.398 e. The van der Waals surface area contributed by atoms with Crippen LogP contribution in [0.4, 0.5) is 10.8 Å². The standard InChI is InChI=1S/C14H15N3S/c15-12-3-1-2-10-6-17(7-11(10)12)14-16-13(8-18-14)9-4-5-9/h1-3,8-9H,4-7,15H2. The highest BCUT2D eigenvalue weighted by Crippen LogP contribution is 2.42. The Morgan fingerprint density at radius 2 is 2.17 bits per heavy atom. The Bertz CT molecular complexity index is 601. The van der Waals surface area contributed by atoms with Crippen molar-refractivity contribution in [3.8, 4) is 0 Å². The molecule has 0 amide bonds. The summed E-state index contributed by atoms with van der Waals surface area (Å²) in [6, 6.07) is 6.19. The average molecular weight is 257 g/mol. The Hall–Kier alpha value is -1.55. The number of benzene rings is 1. The van der Waals surface area contributed by atoms with E-state index in [9.17, 15) is 0 Å².